The highest BCUT2D eigenvalue weighted by Crippen LogP contribution is 2.38. The maximum atomic E-state index is 10.6. The van der Waals surface area contributed by atoms with Crippen molar-refractivity contribution in [2.75, 3.05) is 0 Å². The Labute approximate surface area is 164 Å². The Morgan fingerprint density at radius 2 is 1.35 bits per heavy atom. The summed E-state index contributed by atoms with van der Waals surface area (Å²) in [6, 6.07) is 0. The van der Waals surface area contributed by atoms with Crippen LogP contribution in [0, 0.1) is 0 Å². The van der Waals surface area contributed by atoms with E-state index >= 15 is 0 Å². The summed E-state index contributed by atoms with van der Waals surface area (Å²) in [5, 5.41) is 8.98. The molecule has 4 heteroatoms. The molecular weight excluding hydrogens is 340 g/mol. The molecule has 0 fully saturated rings. The van der Waals surface area contributed by atoms with Crippen LogP contribution in [0.4, 0.5) is 0 Å². The summed E-state index contributed by atoms with van der Waals surface area (Å²) in [4.78, 5) is 10.6. The largest absolute Gasteiger partial charge is 0.481 e. The van der Waals surface area contributed by atoms with Gasteiger partial charge in [0.1, 0.15) is 0 Å². The van der Waals surface area contributed by atoms with Crippen LogP contribution in [0.15, 0.2) is 0 Å². The molecule has 0 spiro atoms. The van der Waals surface area contributed by atoms with Crippen molar-refractivity contribution in [2.45, 2.75) is 135 Å². The molecule has 0 bridgehead atoms. The SMILES string of the molecule is CCCCCCCC[C@@H](CCCCCCC(=O)O)O[Si](C)(C)C(C)(C)C. The van der Waals surface area contributed by atoms with Crippen LogP contribution in [0.5, 0.6) is 0 Å². The van der Waals surface area contributed by atoms with Gasteiger partial charge in [0.25, 0.3) is 0 Å². The predicted molar refractivity (Wildman–Crippen MR) is 115 cm³/mol. The van der Waals surface area contributed by atoms with Crippen LogP contribution in [0.25, 0.3) is 0 Å². The lowest BCUT2D eigenvalue weighted by Crippen LogP contribution is -2.44. The third-order valence-electron chi connectivity index (χ3n) is 5.81. The lowest BCUT2D eigenvalue weighted by atomic mass is 10.0. The van der Waals surface area contributed by atoms with Gasteiger partial charge in [-0.2, -0.15) is 0 Å². The van der Waals surface area contributed by atoms with E-state index in [4.69, 9.17) is 9.53 Å². The summed E-state index contributed by atoms with van der Waals surface area (Å²) < 4.78 is 6.72. The van der Waals surface area contributed by atoms with Gasteiger partial charge in [0.2, 0.25) is 0 Å². The summed E-state index contributed by atoms with van der Waals surface area (Å²) in [5.74, 6) is -0.674. The zero-order valence-corrected chi connectivity index (χ0v) is 19.5. The Bertz CT molecular complexity index is 361. The van der Waals surface area contributed by atoms with Crippen molar-refractivity contribution in [1.29, 1.82) is 0 Å². The fraction of sp³-hybridized carbons (Fsp3) is 0.955. The molecule has 0 radical (unpaired) electrons. The molecule has 0 aliphatic rings. The first kappa shape index (κ1) is 25.6. The maximum Gasteiger partial charge on any atom is 0.303 e. The molecule has 0 rings (SSSR count). The van der Waals surface area contributed by atoms with E-state index in [2.05, 4.69) is 40.8 Å². The van der Waals surface area contributed by atoms with Crippen LogP contribution < -0.4 is 0 Å². The lowest BCUT2D eigenvalue weighted by Gasteiger charge is -2.39. The fourth-order valence-corrected chi connectivity index (χ4v) is 4.43. The van der Waals surface area contributed by atoms with Gasteiger partial charge in [-0.25, -0.2) is 0 Å². The van der Waals surface area contributed by atoms with Crippen LogP contribution in [-0.4, -0.2) is 25.5 Å². The van der Waals surface area contributed by atoms with E-state index in [9.17, 15) is 4.79 Å². The van der Waals surface area contributed by atoms with Gasteiger partial charge in [-0.15, -0.1) is 0 Å². The van der Waals surface area contributed by atoms with Crippen LogP contribution in [0.2, 0.25) is 18.1 Å². The first-order valence-corrected chi connectivity index (χ1v) is 13.9. The molecule has 26 heavy (non-hydrogen) atoms. The van der Waals surface area contributed by atoms with Crippen molar-refractivity contribution in [3.05, 3.63) is 0 Å². The molecule has 0 aromatic carbocycles. The maximum absolute atomic E-state index is 10.6. The Hall–Kier alpha value is -0.353. The first-order valence-electron chi connectivity index (χ1n) is 11.0. The van der Waals surface area contributed by atoms with Crippen LogP contribution >= 0.6 is 0 Å². The molecule has 156 valence electrons. The smallest absolute Gasteiger partial charge is 0.303 e. The molecule has 0 aromatic heterocycles. The lowest BCUT2D eigenvalue weighted by molar-refractivity contribution is -0.137. The van der Waals surface area contributed by atoms with E-state index in [1.807, 2.05) is 0 Å². The second-order valence-electron chi connectivity index (χ2n) is 9.40. The van der Waals surface area contributed by atoms with E-state index in [0.29, 0.717) is 12.5 Å². The van der Waals surface area contributed by atoms with E-state index in [-0.39, 0.29) is 5.04 Å². The number of carboxylic acids is 1. The predicted octanol–water partition coefficient (Wildman–Crippen LogP) is 7.55. The van der Waals surface area contributed by atoms with Gasteiger partial charge in [-0.3, -0.25) is 4.79 Å². The van der Waals surface area contributed by atoms with Crippen molar-refractivity contribution < 1.29 is 14.3 Å². The van der Waals surface area contributed by atoms with Crippen molar-refractivity contribution in [3.63, 3.8) is 0 Å². The summed E-state index contributed by atoms with van der Waals surface area (Å²) in [6.45, 7) is 13.9. The molecule has 0 saturated heterocycles. The monoisotopic (exact) mass is 386 g/mol. The number of aliphatic carboxylic acids is 1. The van der Waals surface area contributed by atoms with Gasteiger partial charge in [-0.1, -0.05) is 85.5 Å². The number of carbonyl (C=O) groups is 1. The number of rotatable bonds is 16. The molecule has 0 aliphatic heterocycles. The molecule has 1 N–H and O–H groups in total. The Morgan fingerprint density at radius 3 is 1.81 bits per heavy atom. The summed E-state index contributed by atoms with van der Waals surface area (Å²) in [5.41, 5.74) is 0. The van der Waals surface area contributed by atoms with Crippen molar-refractivity contribution in [3.8, 4) is 0 Å². The molecule has 0 amide bonds. The minimum absolute atomic E-state index is 0.258. The third kappa shape index (κ3) is 12.9. The summed E-state index contributed by atoms with van der Waals surface area (Å²) in [6.07, 6.45) is 15.1. The first-order chi connectivity index (χ1) is 12.1. The number of carboxylic acid groups (broad SMARTS) is 1. The van der Waals surface area contributed by atoms with E-state index in [1.165, 1.54) is 44.9 Å². The summed E-state index contributed by atoms with van der Waals surface area (Å²) in [7, 11) is -1.72. The van der Waals surface area contributed by atoms with Gasteiger partial charge in [0, 0.05) is 12.5 Å². The van der Waals surface area contributed by atoms with E-state index in [1.54, 1.807) is 0 Å². The number of hydrogen-bond donors (Lipinski definition) is 1. The van der Waals surface area contributed by atoms with Crippen LogP contribution in [0.3, 0.4) is 0 Å². The zero-order valence-electron chi connectivity index (χ0n) is 18.5. The molecule has 0 unspecified atom stereocenters. The fourth-order valence-electron chi connectivity index (χ4n) is 3.01. The number of unbranched alkanes of at least 4 members (excludes halogenated alkanes) is 8. The van der Waals surface area contributed by atoms with Gasteiger partial charge in [0.15, 0.2) is 8.32 Å². The molecule has 3 nitrogen and oxygen atoms in total. The second-order valence-corrected chi connectivity index (χ2v) is 14.2. The van der Waals surface area contributed by atoms with Gasteiger partial charge < -0.3 is 9.53 Å². The highest BCUT2D eigenvalue weighted by Gasteiger charge is 2.38. The minimum atomic E-state index is -1.72. The van der Waals surface area contributed by atoms with Gasteiger partial charge >= 0.3 is 5.97 Å². The van der Waals surface area contributed by atoms with Gasteiger partial charge in [-0.05, 0) is 37.4 Å². The van der Waals surface area contributed by atoms with E-state index in [0.717, 1.165) is 32.1 Å². The van der Waals surface area contributed by atoms with Crippen molar-refractivity contribution in [1.82, 2.24) is 0 Å². The molecule has 0 heterocycles. The Kier molecular flexibility index (Phi) is 13.6. The average Bonchev–Trinajstić information content (AvgIpc) is 2.52. The molecule has 0 aliphatic carbocycles. The third-order valence-corrected chi connectivity index (χ3v) is 10.3. The average molecular weight is 387 g/mol. The molecular formula is C22H46O3Si. The van der Waals surface area contributed by atoms with Crippen LogP contribution in [0.1, 0.15) is 111 Å². The normalized spacial score (nSPS) is 13.8. The highest BCUT2D eigenvalue weighted by molar-refractivity contribution is 6.74. The Balaban J connectivity index is 4.29. The summed E-state index contributed by atoms with van der Waals surface area (Å²) >= 11 is 0. The van der Waals surface area contributed by atoms with Crippen molar-refractivity contribution >= 4 is 14.3 Å². The zero-order chi connectivity index (χ0) is 20.1. The quantitative estimate of drug-likeness (QED) is 0.220. The number of hydrogen-bond acceptors (Lipinski definition) is 2. The van der Waals surface area contributed by atoms with Crippen LogP contribution in [-0.2, 0) is 9.22 Å². The molecule has 0 saturated carbocycles. The highest BCUT2D eigenvalue weighted by atomic mass is 28.4. The molecule has 1 atom stereocenters. The standard InChI is InChI=1S/C22H46O3Si/c1-7-8-9-10-11-14-17-20(25-26(5,6)22(2,3)4)18-15-12-13-16-19-21(23)24/h20H,7-19H2,1-6H3,(H,23,24)/t20-/m0/s1. The molecule has 0 aromatic rings. The second kappa shape index (κ2) is 13.8. The Morgan fingerprint density at radius 1 is 0.885 bits per heavy atom. The topological polar surface area (TPSA) is 46.5 Å². The van der Waals surface area contributed by atoms with Gasteiger partial charge in [0.05, 0.1) is 0 Å². The van der Waals surface area contributed by atoms with Crippen molar-refractivity contribution in [2.24, 2.45) is 0 Å². The minimum Gasteiger partial charge on any atom is -0.481 e. The van der Waals surface area contributed by atoms with E-state index < -0.39 is 14.3 Å².